The molecule has 3 heteroatoms. The second kappa shape index (κ2) is 5.48. The number of nitrogens with zero attached hydrogens (tertiary/aromatic N) is 1. The van der Waals surface area contributed by atoms with Crippen molar-refractivity contribution < 1.29 is 4.79 Å². The normalized spacial score (nSPS) is 30.4. The molecule has 0 spiro atoms. The molecule has 0 aromatic carbocycles. The number of carbonyl (C=O) groups excluding carboxylic acids is 1. The van der Waals surface area contributed by atoms with Crippen molar-refractivity contribution in [1.29, 1.82) is 0 Å². The third-order valence-electron chi connectivity index (χ3n) is 3.90. The molecule has 2 atom stereocenters. The second-order valence-corrected chi connectivity index (χ2v) is 4.93. The van der Waals surface area contributed by atoms with Gasteiger partial charge in [-0.3, -0.25) is 4.79 Å². The van der Waals surface area contributed by atoms with Crippen LogP contribution in [0.25, 0.3) is 0 Å². The first kappa shape index (κ1) is 11.6. The highest BCUT2D eigenvalue weighted by molar-refractivity contribution is 5.79. The summed E-state index contributed by atoms with van der Waals surface area (Å²) in [5.41, 5.74) is 5.78. The third kappa shape index (κ3) is 2.46. The minimum Gasteiger partial charge on any atom is -0.338 e. The first-order valence-corrected chi connectivity index (χ1v) is 6.47. The van der Waals surface area contributed by atoms with E-state index in [1.54, 1.807) is 0 Å². The van der Waals surface area contributed by atoms with Gasteiger partial charge in [0.1, 0.15) is 0 Å². The van der Waals surface area contributed by atoms with Gasteiger partial charge in [0, 0.05) is 19.0 Å². The molecule has 1 aliphatic heterocycles. The zero-order chi connectivity index (χ0) is 11.4. The molecule has 0 saturated heterocycles. The number of nitrogens with two attached hydrogens (primary N) is 1. The minimum atomic E-state index is 0.199. The highest BCUT2D eigenvalue weighted by atomic mass is 16.2. The Morgan fingerprint density at radius 2 is 2.12 bits per heavy atom. The van der Waals surface area contributed by atoms with Crippen LogP contribution in [0.15, 0.2) is 12.2 Å². The van der Waals surface area contributed by atoms with Crippen molar-refractivity contribution in [3.8, 4) is 0 Å². The molecule has 0 radical (unpaired) electrons. The summed E-state index contributed by atoms with van der Waals surface area (Å²) < 4.78 is 0. The number of hydrogen-bond acceptors (Lipinski definition) is 2. The Balaban J connectivity index is 1.98. The van der Waals surface area contributed by atoms with Gasteiger partial charge in [-0.25, -0.2) is 0 Å². The SMILES string of the molecule is NCC1CCCCC1C(=O)N1CC=CCC1. The van der Waals surface area contributed by atoms with E-state index >= 15 is 0 Å². The van der Waals surface area contributed by atoms with Crippen LogP contribution in [0.3, 0.4) is 0 Å². The number of hydrogen-bond donors (Lipinski definition) is 1. The summed E-state index contributed by atoms with van der Waals surface area (Å²) in [6.45, 7) is 2.36. The first-order valence-electron chi connectivity index (χ1n) is 6.47. The lowest BCUT2D eigenvalue weighted by molar-refractivity contribution is -0.138. The molecule has 0 bridgehead atoms. The van der Waals surface area contributed by atoms with E-state index in [0.717, 1.165) is 32.4 Å². The number of rotatable bonds is 2. The van der Waals surface area contributed by atoms with E-state index in [1.807, 2.05) is 4.90 Å². The summed E-state index contributed by atoms with van der Waals surface area (Å²) in [7, 11) is 0. The molecule has 90 valence electrons. The second-order valence-electron chi connectivity index (χ2n) is 4.93. The van der Waals surface area contributed by atoms with Gasteiger partial charge in [0.25, 0.3) is 0 Å². The van der Waals surface area contributed by atoms with Crippen molar-refractivity contribution in [2.24, 2.45) is 17.6 Å². The maximum absolute atomic E-state index is 12.4. The molecule has 0 aromatic rings. The molecule has 1 fully saturated rings. The van der Waals surface area contributed by atoms with Gasteiger partial charge in [-0.2, -0.15) is 0 Å². The molecule has 1 aliphatic carbocycles. The Labute approximate surface area is 97.7 Å². The van der Waals surface area contributed by atoms with Gasteiger partial charge in [-0.05, 0) is 31.7 Å². The van der Waals surface area contributed by atoms with Gasteiger partial charge in [0.05, 0.1) is 0 Å². The largest absolute Gasteiger partial charge is 0.338 e. The van der Waals surface area contributed by atoms with E-state index in [-0.39, 0.29) is 5.92 Å². The molecule has 16 heavy (non-hydrogen) atoms. The average molecular weight is 222 g/mol. The van der Waals surface area contributed by atoms with Crippen LogP contribution in [-0.4, -0.2) is 30.4 Å². The highest BCUT2D eigenvalue weighted by Crippen LogP contribution is 2.31. The van der Waals surface area contributed by atoms with E-state index in [0.29, 0.717) is 18.4 Å². The Bertz CT molecular complexity index is 275. The van der Waals surface area contributed by atoms with Crippen LogP contribution >= 0.6 is 0 Å². The van der Waals surface area contributed by atoms with E-state index in [4.69, 9.17) is 5.73 Å². The van der Waals surface area contributed by atoms with Crippen molar-refractivity contribution in [2.45, 2.75) is 32.1 Å². The van der Waals surface area contributed by atoms with Gasteiger partial charge in [-0.1, -0.05) is 25.0 Å². The molecule has 0 aromatic heterocycles. The highest BCUT2D eigenvalue weighted by Gasteiger charge is 2.32. The summed E-state index contributed by atoms with van der Waals surface area (Å²) in [6, 6.07) is 0. The fourth-order valence-electron chi connectivity index (χ4n) is 2.89. The van der Waals surface area contributed by atoms with Crippen LogP contribution in [0, 0.1) is 11.8 Å². The van der Waals surface area contributed by atoms with Crippen molar-refractivity contribution in [3.63, 3.8) is 0 Å². The Morgan fingerprint density at radius 3 is 2.81 bits per heavy atom. The van der Waals surface area contributed by atoms with Gasteiger partial charge >= 0.3 is 0 Å². The lowest BCUT2D eigenvalue weighted by atomic mass is 9.78. The molecule has 2 aliphatic rings. The quantitative estimate of drug-likeness (QED) is 0.720. The average Bonchev–Trinajstić information content (AvgIpc) is 2.39. The molecule has 2 unspecified atom stereocenters. The van der Waals surface area contributed by atoms with E-state index < -0.39 is 0 Å². The molecule has 3 nitrogen and oxygen atoms in total. The monoisotopic (exact) mass is 222 g/mol. The van der Waals surface area contributed by atoms with Gasteiger partial charge < -0.3 is 10.6 Å². The molecular weight excluding hydrogens is 200 g/mol. The standard InChI is InChI=1S/C13H22N2O/c14-10-11-6-2-3-7-12(11)13(16)15-8-4-1-5-9-15/h1,4,11-12H,2-3,5-10,14H2. The summed E-state index contributed by atoms with van der Waals surface area (Å²) in [4.78, 5) is 14.4. The van der Waals surface area contributed by atoms with Gasteiger partial charge in [-0.15, -0.1) is 0 Å². The third-order valence-corrected chi connectivity index (χ3v) is 3.90. The molecule has 1 heterocycles. The zero-order valence-electron chi connectivity index (χ0n) is 9.90. The number of carbonyl (C=O) groups is 1. The Morgan fingerprint density at radius 1 is 1.31 bits per heavy atom. The Hall–Kier alpha value is -0.830. The topological polar surface area (TPSA) is 46.3 Å². The van der Waals surface area contributed by atoms with Crippen molar-refractivity contribution in [1.82, 2.24) is 4.90 Å². The van der Waals surface area contributed by atoms with E-state index in [9.17, 15) is 4.79 Å². The van der Waals surface area contributed by atoms with Crippen molar-refractivity contribution in [2.75, 3.05) is 19.6 Å². The maximum Gasteiger partial charge on any atom is 0.226 e. The number of amides is 1. The van der Waals surface area contributed by atoms with Crippen LogP contribution in [-0.2, 0) is 4.79 Å². The molecule has 1 saturated carbocycles. The fourth-order valence-corrected chi connectivity index (χ4v) is 2.89. The van der Waals surface area contributed by atoms with Gasteiger partial charge in [0.2, 0.25) is 5.91 Å². The van der Waals surface area contributed by atoms with Gasteiger partial charge in [0.15, 0.2) is 0 Å². The van der Waals surface area contributed by atoms with Crippen LogP contribution in [0.2, 0.25) is 0 Å². The summed E-state index contributed by atoms with van der Waals surface area (Å²) >= 11 is 0. The van der Waals surface area contributed by atoms with Crippen molar-refractivity contribution in [3.05, 3.63) is 12.2 Å². The van der Waals surface area contributed by atoms with Crippen LogP contribution in [0.1, 0.15) is 32.1 Å². The van der Waals surface area contributed by atoms with E-state index in [1.165, 1.54) is 12.8 Å². The fraction of sp³-hybridized carbons (Fsp3) is 0.769. The maximum atomic E-state index is 12.4. The van der Waals surface area contributed by atoms with Crippen molar-refractivity contribution >= 4 is 5.91 Å². The van der Waals surface area contributed by atoms with Crippen LogP contribution in [0.5, 0.6) is 0 Å². The molecule has 2 N–H and O–H groups in total. The first-order chi connectivity index (χ1) is 7.83. The predicted molar refractivity (Wildman–Crippen MR) is 64.8 cm³/mol. The lowest BCUT2D eigenvalue weighted by Crippen LogP contribution is -2.43. The smallest absolute Gasteiger partial charge is 0.226 e. The molecule has 1 amide bonds. The summed E-state index contributed by atoms with van der Waals surface area (Å²) in [5, 5.41) is 0. The van der Waals surface area contributed by atoms with Crippen LogP contribution < -0.4 is 5.73 Å². The summed E-state index contributed by atoms with van der Waals surface area (Å²) in [6.07, 6.45) is 9.87. The van der Waals surface area contributed by atoms with Crippen LogP contribution in [0.4, 0.5) is 0 Å². The molecular formula is C13H22N2O. The summed E-state index contributed by atoms with van der Waals surface area (Å²) in [5.74, 6) is 0.969. The minimum absolute atomic E-state index is 0.199. The predicted octanol–water partition coefficient (Wildman–Crippen LogP) is 1.54. The van der Waals surface area contributed by atoms with E-state index in [2.05, 4.69) is 12.2 Å². The Kier molecular flexibility index (Phi) is 3.99. The lowest BCUT2D eigenvalue weighted by Gasteiger charge is -2.34. The zero-order valence-corrected chi connectivity index (χ0v) is 9.90. The molecule has 2 rings (SSSR count).